The monoisotopic (exact) mass is 338 g/mol. The molecule has 1 aromatic carbocycles. The Morgan fingerprint density at radius 1 is 1.12 bits per heavy atom. The maximum atomic E-state index is 9.58. The lowest BCUT2D eigenvalue weighted by Crippen LogP contribution is -2.54. The molecule has 3 aliphatic rings. The summed E-state index contributed by atoms with van der Waals surface area (Å²) in [5.74, 6) is 0.743. The number of aliphatic hydroxyl groups excluding tert-OH is 1. The standard InChI is InChI=1S/C19H22N4O2/c20-19(10-25-11-19)13-6-4-12(5-7-13)17-15-2-1-3-16(15)21-18(22-17)23-8-14(24)9-23/h4-7,14,24H,1-3,8-11,20H2. The van der Waals surface area contributed by atoms with Crippen LogP contribution in [0.1, 0.15) is 23.2 Å². The lowest BCUT2D eigenvalue weighted by Gasteiger charge is -2.38. The summed E-state index contributed by atoms with van der Waals surface area (Å²) in [6, 6.07) is 8.40. The van der Waals surface area contributed by atoms with Gasteiger partial charge in [0.15, 0.2) is 0 Å². The summed E-state index contributed by atoms with van der Waals surface area (Å²) in [5.41, 5.74) is 11.7. The lowest BCUT2D eigenvalue weighted by atomic mass is 9.88. The number of β-amino-alcohol motifs (C(OH)–C–C–N with tert-alkyl or cyclic N) is 1. The lowest BCUT2D eigenvalue weighted by molar-refractivity contribution is -0.0569. The fourth-order valence-electron chi connectivity index (χ4n) is 3.87. The molecular formula is C19H22N4O2. The van der Waals surface area contributed by atoms with Crippen LogP contribution in [0.4, 0.5) is 5.95 Å². The number of nitrogens with two attached hydrogens (primary N) is 1. The molecule has 0 radical (unpaired) electrons. The maximum Gasteiger partial charge on any atom is 0.226 e. The van der Waals surface area contributed by atoms with E-state index >= 15 is 0 Å². The second-order valence-electron chi connectivity index (χ2n) is 7.44. The number of aromatic nitrogens is 2. The summed E-state index contributed by atoms with van der Waals surface area (Å²) in [5, 5.41) is 9.58. The van der Waals surface area contributed by atoms with Crippen LogP contribution < -0.4 is 10.6 Å². The molecule has 130 valence electrons. The Morgan fingerprint density at radius 3 is 2.52 bits per heavy atom. The molecule has 0 amide bonds. The summed E-state index contributed by atoms with van der Waals surface area (Å²) >= 11 is 0. The highest BCUT2D eigenvalue weighted by atomic mass is 16.5. The first kappa shape index (κ1) is 15.3. The van der Waals surface area contributed by atoms with Gasteiger partial charge < -0.3 is 20.5 Å². The highest BCUT2D eigenvalue weighted by Crippen LogP contribution is 2.34. The summed E-state index contributed by atoms with van der Waals surface area (Å²) in [6.07, 6.45) is 2.91. The van der Waals surface area contributed by atoms with E-state index in [1.165, 1.54) is 5.56 Å². The highest BCUT2D eigenvalue weighted by molar-refractivity contribution is 5.67. The smallest absolute Gasteiger partial charge is 0.226 e. The van der Waals surface area contributed by atoms with Gasteiger partial charge in [0.2, 0.25) is 5.95 Å². The molecule has 0 saturated carbocycles. The topological polar surface area (TPSA) is 84.5 Å². The number of ether oxygens (including phenoxy) is 1. The zero-order valence-corrected chi connectivity index (χ0v) is 14.1. The molecule has 6 heteroatoms. The number of aliphatic hydroxyl groups is 1. The van der Waals surface area contributed by atoms with Gasteiger partial charge in [0.05, 0.1) is 30.6 Å². The quantitative estimate of drug-likeness (QED) is 0.868. The fraction of sp³-hybridized carbons (Fsp3) is 0.474. The van der Waals surface area contributed by atoms with Crippen LogP contribution in [0.15, 0.2) is 24.3 Å². The van der Waals surface area contributed by atoms with E-state index in [-0.39, 0.29) is 11.6 Å². The van der Waals surface area contributed by atoms with Crippen LogP contribution >= 0.6 is 0 Å². The molecule has 5 rings (SSSR count). The van der Waals surface area contributed by atoms with E-state index in [2.05, 4.69) is 24.3 Å². The summed E-state index contributed by atoms with van der Waals surface area (Å²) in [4.78, 5) is 11.6. The third-order valence-electron chi connectivity index (χ3n) is 5.52. The molecule has 0 spiro atoms. The molecular weight excluding hydrogens is 316 g/mol. The minimum Gasteiger partial charge on any atom is -0.389 e. The Hall–Kier alpha value is -2.02. The zero-order chi connectivity index (χ0) is 17.0. The molecule has 25 heavy (non-hydrogen) atoms. The molecule has 1 aliphatic carbocycles. The van der Waals surface area contributed by atoms with E-state index in [1.54, 1.807) is 0 Å². The Kier molecular flexibility index (Phi) is 3.35. The van der Waals surface area contributed by atoms with Gasteiger partial charge in [-0.25, -0.2) is 9.97 Å². The number of hydrogen-bond donors (Lipinski definition) is 2. The third kappa shape index (κ3) is 2.44. The molecule has 2 saturated heterocycles. The van der Waals surface area contributed by atoms with Gasteiger partial charge in [0.25, 0.3) is 0 Å². The molecule has 2 fully saturated rings. The number of hydrogen-bond acceptors (Lipinski definition) is 6. The van der Waals surface area contributed by atoms with Gasteiger partial charge in [-0.15, -0.1) is 0 Å². The maximum absolute atomic E-state index is 9.58. The van der Waals surface area contributed by atoms with E-state index in [4.69, 9.17) is 20.4 Å². The van der Waals surface area contributed by atoms with Crippen molar-refractivity contribution >= 4 is 5.95 Å². The molecule has 3 N–H and O–H groups in total. The molecule has 1 aromatic heterocycles. The molecule has 2 aromatic rings. The first-order valence-corrected chi connectivity index (χ1v) is 8.93. The van der Waals surface area contributed by atoms with Crippen molar-refractivity contribution in [1.29, 1.82) is 0 Å². The Balaban J connectivity index is 1.52. The normalized spacial score (nSPS) is 21.6. The summed E-state index contributed by atoms with van der Waals surface area (Å²) in [7, 11) is 0. The van der Waals surface area contributed by atoms with Crippen LogP contribution in [0.25, 0.3) is 11.3 Å². The number of anilines is 1. The fourth-order valence-corrected chi connectivity index (χ4v) is 3.87. The first-order valence-electron chi connectivity index (χ1n) is 8.93. The highest BCUT2D eigenvalue weighted by Gasteiger charge is 2.36. The Bertz CT molecular complexity index is 811. The Labute approximate surface area is 146 Å². The number of fused-ring (bicyclic) bond motifs is 1. The first-order chi connectivity index (χ1) is 12.1. The molecule has 2 aliphatic heterocycles. The van der Waals surface area contributed by atoms with Crippen molar-refractivity contribution in [2.75, 3.05) is 31.2 Å². The number of benzene rings is 1. The number of aryl methyl sites for hydroxylation is 1. The van der Waals surface area contributed by atoms with E-state index < -0.39 is 0 Å². The van der Waals surface area contributed by atoms with Crippen molar-refractivity contribution in [2.45, 2.75) is 30.9 Å². The third-order valence-corrected chi connectivity index (χ3v) is 5.52. The van der Waals surface area contributed by atoms with Crippen molar-refractivity contribution in [1.82, 2.24) is 9.97 Å². The summed E-state index contributed by atoms with van der Waals surface area (Å²) in [6.45, 7) is 2.40. The van der Waals surface area contributed by atoms with E-state index in [9.17, 15) is 5.11 Å². The number of rotatable bonds is 3. The van der Waals surface area contributed by atoms with Gasteiger partial charge in [-0.05, 0) is 24.8 Å². The average Bonchev–Trinajstić information content (AvgIpc) is 3.04. The van der Waals surface area contributed by atoms with Crippen LogP contribution in [-0.4, -0.2) is 47.5 Å². The molecule has 6 nitrogen and oxygen atoms in total. The predicted molar refractivity (Wildman–Crippen MR) is 94.4 cm³/mol. The van der Waals surface area contributed by atoms with Crippen molar-refractivity contribution in [3.05, 3.63) is 41.1 Å². The second-order valence-corrected chi connectivity index (χ2v) is 7.44. The predicted octanol–water partition coefficient (Wildman–Crippen LogP) is 0.997. The van der Waals surface area contributed by atoms with Crippen LogP contribution in [0.5, 0.6) is 0 Å². The van der Waals surface area contributed by atoms with Crippen molar-refractivity contribution < 1.29 is 9.84 Å². The van der Waals surface area contributed by atoms with Crippen LogP contribution in [0.3, 0.4) is 0 Å². The van der Waals surface area contributed by atoms with Crippen molar-refractivity contribution in [3.63, 3.8) is 0 Å². The van der Waals surface area contributed by atoms with Gasteiger partial charge in [-0.1, -0.05) is 24.3 Å². The van der Waals surface area contributed by atoms with Crippen LogP contribution in [0, 0.1) is 0 Å². The zero-order valence-electron chi connectivity index (χ0n) is 14.1. The minimum atomic E-state index is -0.342. The van der Waals surface area contributed by atoms with E-state index in [0.29, 0.717) is 26.3 Å². The van der Waals surface area contributed by atoms with Crippen molar-refractivity contribution in [2.24, 2.45) is 5.73 Å². The van der Waals surface area contributed by atoms with Crippen LogP contribution in [-0.2, 0) is 23.1 Å². The summed E-state index contributed by atoms with van der Waals surface area (Å²) < 4.78 is 5.27. The van der Waals surface area contributed by atoms with Gasteiger partial charge in [0, 0.05) is 29.9 Å². The van der Waals surface area contributed by atoms with Gasteiger partial charge >= 0.3 is 0 Å². The van der Waals surface area contributed by atoms with E-state index in [1.807, 2.05) is 4.90 Å². The SMILES string of the molecule is NC1(c2ccc(-c3nc(N4CC(O)C4)nc4c3CCC4)cc2)COC1. The molecule has 0 unspecified atom stereocenters. The molecule has 3 heterocycles. The Morgan fingerprint density at radius 2 is 1.88 bits per heavy atom. The van der Waals surface area contributed by atoms with E-state index in [0.717, 1.165) is 47.7 Å². The van der Waals surface area contributed by atoms with Gasteiger partial charge in [-0.3, -0.25) is 0 Å². The van der Waals surface area contributed by atoms with Crippen molar-refractivity contribution in [3.8, 4) is 11.3 Å². The van der Waals surface area contributed by atoms with Gasteiger partial charge in [0.1, 0.15) is 0 Å². The second kappa shape index (κ2) is 5.49. The minimum absolute atomic E-state index is 0.259. The van der Waals surface area contributed by atoms with Crippen LogP contribution in [0.2, 0.25) is 0 Å². The molecule has 0 bridgehead atoms. The van der Waals surface area contributed by atoms with Gasteiger partial charge in [-0.2, -0.15) is 0 Å². The number of nitrogens with zero attached hydrogens (tertiary/aromatic N) is 3. The average molecular weight is 338 g/mol. The largest absolute Gasteiger partial charge is 0.389 e. The molecule has 0 atom stereocenters.